The van der Waals surface area contributed by atoms with E-state index < -0.39 is 5.97 Å². The molecule has 1 heterocycles. The third-order valence-corrected chi connectivity index (χ3v) is 2.54. The lowest BCUT2D eigenvalue weighted by molar-refractivity contribution is 0.0526. The minimum absolute atomic E-state index is 0.300. The molecule has 1 aromatic carbocycles. The number of aryl methyl sites for hydroxylation is 1. The van der Waals surface area contributed by atoms with Gasteiger partial charge in [0.1, 0.15) is 16.7 Å². The molecule has 0 bridgehead atoms. The number of hydrogen-bond acceptors (Lipinski definition) is 5. The molecule has 0 unspecified atom stereocenters. The standard InChI is InChI=1S/C14H13ClN2O3/c1-3-19-14(18)10-5-4-6-11(7-10)20-13-8-12(15)16-9(2)17-13/h4-8H,3H2,1-2H3. The predicted octanol–water partition coefficient (Wildman–Crippen LogP) is 3.41. The maximum Gasteiger partial charge on any atom is 0.338 e. The molecule has 20 heavy (non-hydrogen) atoms. The average Bonchev–Trinajstić information content (AvgIpc) is 2.38. The maximum absolute atomic E-state index is 11.6. The van der Waals surface area contributed by atoms with Crippen LogP contribution < -0.4 is 4.74 Å². The number of rotatable bonds is 4. The lowest BCUT2D eigenvalue weighted by Gasteiger charge is -2.07. The molecular formula is C14H13ClN2O3. The summed E-state index contributed by atoms with van der Waals surface area (Å²) in [5.74, 6) is 0.914. The molecule has 0 atom stereocenters. The van der Waals surface area contributed by atoms with E-state index in [1.54, 1.807) is 38.1 Å². The summed E-state index contributed by atoms with van der Waals surface area (Å²) in [4.78, 5) is 19.7. The van der Waals surface area contributed by atoms with Crippen molar-refractivity contribution < 1.29 is 14.3 Å². The third-order valence-electron chi connectivity index (χ3n) is 2.35. The van der Waals surface area contributed by atoms with E-state index in [1.165, 1.54) is 6.07 Å². The molecule has 0 amide bonds. The van der Waals surface area contributed by atoms with Crippen LogP contribution in [0.2, 0.25) is 5.15 Å². The summed E-state index contributed by atoms with van der Waals surface area (Å²) >= 11 is 5.83. The molecule has 2 rings (SSSR count). The number of hydrogen-bond donors (Lipinski definition) is 0. The second-order valence-corrected chi connectivity index (χ2v) is 4.31. The highest BCUT2D eigenvalue weighted by Crippen LogP contribution is 2.22. The van der Waals surface area contributed by atoms with Gasteiger partial charge in [0.05, 0.1) is 12.2 Å². The van der Waals surface area contributed by atoms with Gasteiger partial charge >= 0.3 is 5.97 Å². The zero-order valence-electron chi connectivity index (χ0n) is 11.1. The van der Waals surface area contributed by atoms with Gasteiger partial charge in [0, 0.05) is 6.07 Å². The van der Waals surface area contributed by atoms with Gasteiger partial charge in [-0.05, 0) is 32.0 Å². The number of carbonyl (C=O) groups is 1. The summed E-state index contributed by atoms with van der Waals surface area (Å²) in [6.45, 7) is 3.79. The molecule has 0 N–H and O–H groups in total. The molecule has 0 fully saturated rings. The fourth-order valence-corrected chi connectivity index (χ4v) is 1.80. The molecule has 0 aliphatic carbocycles. The van der Waals surface area contributed by atoms with E-state index in [9.17, 15) is 4.79 Å². The van der Waals surface area contributed by atoms with Gasteiger partial charge in [0.15, 0.2) is 0 Å². The minimum atomic E-state index is -0.394. The van der Waals surface area contributed by atoms with Crippen molar-refractivity contribution in [3.63, 3.8) is 0 Å². The number of halogens is 1. The van der Waals surface area contributed by atoms with Crippen LogP contribution >= 0.6 is 11.6 Å². The van der Waals surface area contributed by atoms with Crippen LogP contribution in [0, 0.1) is 6.92 Å². The zero-order valence-corrected chi connectivity index (χ0v) is 11.8. The van der Waals surface area contributed by atoms with Gasteiger partial charge in [-0.3, -0.25) is 0 Å². The molecule has 6 heteroatoms. The Hall–Kier alpha value is -2.14. The average molecular weight is 293 g/mol. The van der Waals surface area contributed by atoms with Crippen molar-refractivity contribution in [2.75, 3.05) is 6.61 Å². The van der Waals surface area contributed by atoms with Crippen LogP contribution in [0.5, 0.6) is 11.6 Å². The van der Waals surface area contributed by atoms with Crippen LogP contribution in [-0.4, -0.2) is 22.5 Å². The lowest BCUT2D eigenvalue weighted by Crippen LogP contribution is -2.04. The van der Waals surface area contributed by atoms with Crippen LogP contribution in [0.15, 0.2) is 30.3 Å². The molecule has 5 nitrogen and oxygen atoms in total. The van der Waals surface area contributed by atoms with Gasteiger partial charge in [-0.25, -0.2) is 9.78 Å². The number of carbonyl (C=O) groups excluding carboxylic acids is 1. The number of aromatic nitrogens is 2. The van der Waals surface area contributed by atoms with Crippen molar-refractivity contribution in [3.05, 3.63) is 46.9 Å². The summed E-state index contributed by atoms with van der Waals surface area (Å²) in [5, 5.41) is 0.300. The molecule has 0 aliphatic heterocycles. The Morgan fingerprint density at radius 1 is 1.30 bits per heavy atom. The van der Waals surface area contributed by atoms with Crippen LogP contribution in [0.3, 0.4) is 0 Å². The fraction of sp³-hybridized carbons (Fsp3) is 0.214. The third kappa shape index (κ3) is 3.68. The molecule has 0 aliphatic rings. The van der Waals surface area contributed by atoms with Crippen molar-refractivity contribution >= 4 is 17.6 Å². The number of esters is 1. The highest BCUT2D eigenvalue weighted by atomic mass is 35.5. The smallest absolute Gasteiger partial charge is 0.338 e. The topological polar surface area (TPSA) is 61.3 Å². The number of ether oxygens (including phenoxy) is 2. The Balaban J connectivity index is 2.21. The second-order valence-electron chi connectivity index (χ2n) is 3.93. The van der Waals surface area contributed by atoms with Crippen LogP contribution in [0.1, 0.15) is 23.1 Å². The summed E-state index contributed by atoms with van der Waals surface area (Å²) in [5.41, 5.74) is 0.418. The summed E-state index contributed by atoms with van der Waals surface area (Å²) in [6.07, 6.45) is 0. The summed E-state index contributed by atoms with van der Waals surface area (Å²) < 4.78 is 10.5. The van der Waals surface area contributed by atoms with Crippen molar-refractivity contribution in [3.8, 4) is 11.6 Å². The van der Waals surface area contributed by atoms with E-state index in [0.29, 0.717) is 34.8 Å². The van der Waals surface area contributed by atoms with Gasteiger partial charge in [-0.1, -0.05) is 17.7 Å². The van der Waals surface area contributed by atoms with Gasteiger partial charge in [-0.15, -0.1) is 0 Å². The first-order valence-electron chi connectivity index (χ1n) is 6.04. The zero-order chi connectivity index (χ0) is 14.5. The predicted molar refractivity (Wildman–Crippen MR) is 74.3 cm³/mol. The Labute approximate surface area is 121 Å². The molecule has 104 valence electrons. The van der Waals surface area contributed by atoms with Crippen molar-refractivity contribution in [2.24, 2.45) is 0 Å². The monoisotopic (exact) mass is 292 g/mol. The van der Waals surface area contributed by atoms with Crippen LogP contribution in [0.25, 0.3) is 0 Å². The largest absolute Gasteiger partial charge is 0.462 e. The molecule has 0 spiro atoms. The van der Waals surface area contributed by atoms with E-state index in [1.807, 2.05) is 0 Å². The minimum Gasteiger partial charge on any atom is -0.462 e. The molecule has 1 aromatic heterocycles. The van der Waals surface area contributed by atoms with E-state index in [-0.39, 0.29) is 0 Å². The highest BCUT2D eigenvalue weighted by Gasteiger charge is 2.09. The first-order chi connectivity index (χ1) is 9.58. The maximum atomic E-state index is 11.6. The van der Waals surface area contributed by atoms with Crippen molar-refractivity contribution in [1.29, 1.82) is 0 Å². The fourth-order valence-electron chi connectivity index (χ4n) is 1.58. The summed E-state index contributed by atoms with van der Waals surface area (Å²) in [6, 6.07) is 8.17. The van der Waals surface area contributed by atoms with Gasteiger partial charge in [0.2, 0.25) is 5.88 Å². The molecule has 0 saturated heterocycles. The molecule has 0 radical (unpaired) electrons. The van der Waals surface area contributed by atoms with E-state index in [4.69, 9.17) is 21.1 Å². The second kappa shape index (κ2) is 6.34. The number of benzene rings is 1. The quantitative estimate of drug-likeness (QED) is 0.638. The van der Waals surface area contributed by atoms with Gasteiger partial charge in [-0.2, -0.15) is 4.98 Å². The van der Waals surface area contributed by atoms with Gasteiger partial charge < -0.3 is 9.47 Å². The van der Waals surface area contributed by atoms with Crippen molar-refractivity contribution in [2.45, 2.75) is 13.8 Å². The number of nitrogens with zero attached hydrogens (tertiary/aromatic N) is 2. The van der Waals surface area contributed by atoms with Crippen molar-refractivity contribution in [1.82, 2.24) is 9.97 Å². The Bertz CT molecular complexity index is 611. The highest BCUT2D eigenvalue weighted by molar-refractivity contribution is 6.29. The lowest BCUT2D eigenvalue weighted by atomic mass is 10.2. The normalized spacial score (nSPS) is 10.2. The Kier molecular flexibility index (Phi) is 4.53. The van der Waals surface area contributed by atoms with E-state index >= 15 is 0 Å². The molecule has 2 aromatic rings. The first kappa shape index (κ1) is 14.3. The Morgan fingerprint density at radius 2 is 2.10 bits per heavy atom. The van der Waals surface area contributed by atoms with E-state index in [2.05, 4.69) is 9.97 Å². The molecule has 0 saturated carbocycles. The molecular weight excluding hydrogens is 280 g/mol. The SMILES string of the molecule is CCOC(=O)c1cccc(Oc2cc(Cl)nc(C)n2)c1. The first-order valence-corrected chi connectivity index (χ1v) is 6.42. The van der Waals surface area contributed by atoms with Gasteiger partial charge in [0.25, 0.3) is 0 Å². The Morgan fingerprint density at radius 3 is 2.80 bits per heavy atom. The summed E-state index contributed by atoms with van der Waals surface area (Å²) in [7, 11) is 0. The van der Waals surface area contributed by atoms with Crippen LogP contribution in [0.4, 0.5) is 0 Å². The van der Waals surface area contributed by atoms with Crippen LogP contribution in [-0.2, 0) is 4.74 Å². The van der Waals surface area contributed by atoms with E-state index in [0.717, 1.165) is 0 Å².